The summed E-state index contributed by atoms with van der Waals surface area (Å²) in [7, 11) is 0. The number of rotatable bonds is 3. The van der Waals surface area contributed by atoms with Gasteiger partial charge < -0.3 is 4.74 Å². The summed E-state index contributed by atoms with van der Waals surface area (Å²) in [6, 6.07) is 4.68. The van der Waals surface area contributed by atoms with Crippen molar-refractivity contribution in [2.24, 2.45) is 0 Å². The molecule has 0 unspecified atom stereocenters. The Balaban J connectivity index is 2.80. The first-order chi connectivity index (χ1) is 7.63. The Hall–Kier alpha value is -1.27. The number of halogens is 3. The van der Waals surface area contributed by atoms with Gasteiger partial charge in [-0.25, -0.2) is 0 Å². The Morgan fingerprint density at radius 3 is 2.75 bits per heavy atom. The van der Waals surface area contributed by atoms with E-state index in [1.165, 1.54) is 12.1 Å². The second-order valence-corrected chi connectivity index (χ2v) is 3.47. The molecule has 0 aliphatic heterocycles. The summed E-state index contributed by atoms with van der Waals surface area (Å²) in [5.41, 5.74) is 1.60. The van der Waals surface area contributed by atoms with E-state index < -0.39 is 6.61 Å². The maximum absolute atomic E-state index is 11.9. The minimum absolute atomic E-state index is 0.149. The molecule has 16 heavy (non-hydrogen) atoms. The van der Waals surface area contributed by atoms with E-state index in [1.54, 1.807) is 13.0 Å². The Morgan fingerprint density at radius 1 is 1.44 bits per heavy atom. The van der Waals surface area contributed by atoms with E-state index in [0.717, 1.165) is 11.1 Å². The summed E-state index contributed by atoms with van der Waals surface area (Å²) < 4.78 is 28.1. The predicted molar refractivity (Wildman–Crippen MR) is 60.0 cm³/mol. The summed E-state index contributed by atoms with van der Waals surface area (Å²) in [5.74, 6) is 6.43. The number of benzene rings is 1. The molecule has 0 N–H and O–H groups in total. The van der Waals surface area contributed by atoms with Gasteiger partial charge in [0.05, 0.1) is 0 Å². The summed E-state index contributed by atoms with van der Waals surface area (Å²) in [6.07, 6.45) is 0.607. The highest BCUT2D eigenvalue weighted by Crippen LogP contribution is 2.18. The minimum Gasteiger partial charge on any atom is -0.435 e. The van der Waals surface area contributed by atoms with Gasteiger partial charge >= 0.3 is 6.61 Å². The molecule has 4 heteroatoms. The number of hydrogen-bond donors (Lipinski definition) is 0. The molecule has 0 saturated carbocycles. The highest BCUT2D eigenvalue weighted by atomic mass is 35.5. The van der Waals surface area contributed by atoms with Crippen molar-refractivity contribution in [1.29, 1.82) is 0 Å². The lowest BCUT2D eigenvalue weighted by atomic mass is 10.1. The van der Waals surface area contributed by atoms with Crippen LogP contribution < -0.4 is 4.74 Å². The highest BCUT2D eigenvalue weighted by molar-refractivity contribution is 6.18. The van der Waals surface area contributed by atoms with Gasteiger partial charge in [-0.3, -0.25) is 0 Å². The van der Waals surface area contributed by atoms with E-state index in [4.69, 9.17) is 11.6 Å². The Labute approximate surface area is 98.4 Å². The molecule has 86 valence electrons. The molecule has 0 radical (unpaired) electrons. The monoisotopic (exact) mass is 244 g/mol. The van der Waals surface area contributed by atoms with Crippen molar-refractivity contribution in [3.8, 4) is 17.6 Å². The van der Waals surface area contributed by atoms with Crippen molar-refractivity contribution in [2.45, 2.75) is 20.0 Å². The first kappa shape index (κ1) is 12.8. The zero-order valence-electron chi connectivity index (χ0n) is 8.77. The van der Waals surface area contributed by atoms with Crippen LogP contribution in [0.2, 0.25) is 0 Å². The number of ether oxygens (including phenoxy) is 1. The Morgan fingerprint density at radius 2 is 2.19 bits per heavy atom. The minimum atomic E-state index is -2.80. The molecular formula is C12H11ClF2O. The van der Waals surface area contributed by atoms with E-state index in [2.05, 4.69) is 16.6 Å². The first-order valence-corrected chi connectivity index (χ1v) is 5.27. The normalized spacial score (nSPS) is 9.81. The largest absolute Gasteiger partial charge is 0.435 e. The van der Waals surface area contributed by atoms with Crippen LogP contribution in [0.5, 0.6) is 5.75 Å². The van der Waals surface area contributed by atoms with E-state index in [9.17, 15) is 8.78 Å². The lowest BCUT2D eigenvalue weighted by Crippen LogP contribution is -2.02. The fourth-order valence-corrected chi connectivity index (χ4v) is 1.25. The smallest absolute Gasteiger partial charge is 0.387 e. The van der Waals surface area contributed by atoms with Crippen molar-refractivity contribution >= 4 is 11.6 Å². The maximum Gasteiger partial charge on any atom is 0.387 e. The SMILES string of the molecule is Cc1cc(OC(F)F)ccc1C#CCCCl. The highest BCUT2D eigenvalue weighted by Gasteiger charge is 2.05. The van der Waals surface area contributed by atoms with Crippen LogP contribution in [-0.2, 0) is 0 Å². The van der Waals surface area contributed by atoms with Crippen LogP contribution in [-0.4, -0.2) is 12.5 Å². The standard InChI is InChI=1S/C12H11ClF2O/c1-9-8-11(16-12(14)15)6-5-10(9)4-2-3-7-13/h5-6,8,12H,3,7H2,1H3. The molecule has 0 heterocycles. The summed E-state index contributed by atoms with van der Waals surface area (Å²) in [6.45, 7) is -1.00. The molecule has 0 aliphatic carbocycles. The summed E-state index contributed by atoms with van der Waals surface area (Å²) in [5, 5.41) is 0. The second-order valence-electron chi connectivity index (χ2n) is 3.10. The van der Waals surface area contributed by atoms with Gasteiger partial charge in [0.1, 0.15) is 5.75 Å². The van der Waals surface area contributed by atoms with E-state index in [0.29, 0.717) is 12.3 Å². The van der Waals surface area contributed by atoms with Gasteiger partial charge in [-0.05, 0) is 30.7 Å². The van der Waals surface area contributed by atoms with Crippen LogP contribution >= 0.6 is 11.6 Å². The molecule has 0 amide bonds. The van der Waals surface area contributed by atoms with Crippen LogP contribution in [0.4, 0.5) is 8.78 Å². The molecule has 0 atom stereocenters. The maximum atomic E-state index is 11.9. The van der Waals surface area contributed by atoms with E-state index >= 15 is 0 Å². The van der Waals surface area contributed by atoms with Crippen molar-refractivity contribution in [1.82, 2.24) is 0 Å². The lowest BCUT2D eigenvalue weighted by Gasteiger charge is -2.05. The molecule has 0 spiro atoms. The number of alkyl halides is 3. The van der Waals surface area contributed by atoms with Crippen LogP contribution in [0.3, 0.4) is 0 Å². The van der Waals surface area contributed by atoms with Gasteiger partial charge in [-0.15, -0.1) is 11.6 Å². The van der Waals surface area contributed by atoms with Gasteiger partial charge in [0.2, 0.25) is 0 Å². The number of aryl methyl sites for hydroxylation is 1. The fraction of sp³-hybridized carbons (Fsp3) is 0.333. The summed E-state index contributed by atoms with van der Waals surface area (Å²) >= 11 is 5.48. The molecule has 1 rings (SSSR count). The molecular weight excluding hydrogens is 234 g/mol. The predicted octanol–water partition coefficient (Wildman–Crippen LogP) is 3.58. The third-order valence-corrected chi connectivity index (χ3v) is 2.05. The fourth-order valence-electron chi connectivity index (χ4n) is 1.16. The molecule has 0 bridgehead atoms. The Kier molecular flexibility index (Phi) is 5.07. The average Bonchev–Trinajstić information content (AvgIpc) is 2.20. The second kappa shape index (κ2) is 6.34. The molecule has 0 aliphatic rings. The zero-order valence-corrected chi connectivity index (χ0v) is 9.52. The molecule has 1 nitrogen and oxygen atoms in total. The lowest BCUT2D eigenvalue weighted by molar-refractivity contribution is -0.0498. The molecule has 0 fully saturated rings. The molecule has 1 aromatic rings. The third-order valence-electron chi connectivity index (χ3n) is 1.87. The topological polar surface area (TPSA) is 9.23 Å². The number of hydrogen-bond acceptors (Lipinski definition) is 1. The molecule has 0 saturated heterocycles. The third kappa shape index (κ3) is 4.08. The van der Waals surface area contributed by atoms with Crippen molar-refractivity contribution in [3.63, 3.8) is 0 Å². The average molecular weight is 245 g/mol. The zero-order chi connectivity index (χ0) is 12.0. The van der Waals surface area contributed by atoms with E-state index in [1.807, 2.05) is 0 Å². The van der Waals surface area contributed by atoms with Crippen molar-refractivity contribution in [3.05, 3.63) is 29.3 Å². The Bertz CT molecular complexity index is 407. The quantitative estimate of drug-likeness (QED) is 0.583. The van der Waals surface area contributed by atoms with Crippen molar-refractivity contribution < 1.29 is 13.5 Å². The van der Waals surface area contributed by atoms with Gasteiger partial charge in [0, 0.05) is 17.9 Å². The first-order valence-electron chi connectivity index (χ1n) is 4.74. The van der Waals surface area contributed by atoms with Gasteiger partial charge in [-0.2, -0.15) is 8.78 Å². The van der Waals surface area contributed by atoms with Gasteiger partial charge in [-0.1, -0.05) is 11.8 Å². The van der Waals surface area contributed by atoms with Gasteiger partial charge in [0.25, 0.3) is 0 Å². The molecule has 1 aromatic carbocycles. The van der Waals surface area contributed by atoms with Crippen LogP contribution in [0.1, 0.15) is 17.5 Å². The van der Waals surface area contributed by atoms with E-state index in [-0.39, 0.29) is 5.75 Å². The van der Waals surface area contributed by atoms with Gasteiger partial charge in [0.15, 0.2) is 0 Å². The van der Waals surface area contributed by atoms with Crippen LogP contribution in [0.15, 0.2) is 18.2 Å². The molecule has 0 aromatic heterocycles. The van der Waals surface area contributed by atoms with Crippen LogP contribution in [0.25, 0.3) is 0 Å². The van der Waals surface area contributed by atoms with Crippen molar-refractivity contribution in [2.75, 3.05) is 5.88 Å². The summed E-state index contributed by atoms with van der Waals surface area (Å²) in [4.78, 5) is 0. The van der Waals surface area contributed by atoms with Crippen LogP contribution in [0, 0.1) is 18.8 Å².